The highest BCUT2D eigenvalue weighted by Crippen LogP contribution is 2.16. The van der Waals surface area contributed by atoms with Crippen molar-refractivity contribution in [2.45, 2.75) is 6.54 Å². The van der Waals surface area contributed by atoms with E-state index in [0.717, 1.165) is 22.6 Å². The van der Waals surface area contributed by atoms with E-state index in [1.165, 1.54) is 6.33 Å². The Hall–Kier alpha value is -2.37. The van der Waals surface area contributed by atoms with Crippen LogP contribution in [0.4, 0.5) is 5.82 Å². The molecule has 3 rings (SSSR count). The van der Waals surface area contributed by atoms with Gasteiger partial charge in [-0.1, -0.05) is 0 Å². The summed E-state index contributed by atoms with van der Waals surface area (Å²) < 4.78 is 5.22. The number of hydrogen-bond donors (Lipinski definition) is 2. The summed E-state index contributed by atoms with van der Waals surface area (Å²) >= 11 is 0. The lowest BCUT2D eigenvalue weighted by atomic mass is 10.4. The predicted molar refractivity (Wildman–Crippen MR) is 57.7 cm³/mol. The van der Waals surface area contributed by atoms with Crippen molar-refractivity contribution in [3.05, 3.63) is 36.7 Å². The van der Waals surface area contributed by atoms with Crippen molar-refractivity contribution in [3.8, 4) is 0 Å². The van der Waals surface area contributed by atoms with Crippen LogP contribution in [0.15, 0.2) is 35.3 Å². The summed E-state index contributed by atoms with van der Waals surface area (Å²) in [4.78, 5) is 8.21. The van der Waals surface area contributed by atoms with E-state index in [4.69, 9.17) is 4.42 Å². The molecule has 2 N–H and O–H groups in total. The van der Waals surface area contributed by atoms with Crippen molar-refractivity contribution in [2.75, 3.05) is 5.32 Å². The maximum absolute atomic E-state index is 5.22. The topological polar surface area (TPSA) is 79.6 Å². The molecular formula is C10H9N5O. The zero-order valence-electron chi connectivity index (χ0n) is 8.34. The van der Waals surface area contributed by atoms with Crippen LogP contribution in [0.25, 0.3) is 11.0 Å². The fraction of sp³-hybridized carbons (Fsp3) is 0.100. The van der Waals surface area contributed by atoms with Gasteiger partial charge >= 0.3 is 0 Å². The van der Waals surface area contributed by atoms with Gasteiger partial charge in [-0.3, -0.25) is 5.10 Å². The normalized spacial score (nSPS) is 10.8. The van der Waals surface area contributed by atoms with E-state index in [1.54, 1.807) is 12.5 Å². The Balaban J connectivity index is 1.86. The van der Waals surface area contributed by atoms with E-state index in [0.29, 0.717) is 6.54 Å². The number of nitrogens with one attached hydrogen (secondary N) is 2. The highest BCUT2D eigenvalue weighted by Gasteiger charge is 2.05. The number of aromatic amines is 1. The van der Waals surface area contributed by atoms with Crippen LogP contribution in [0.3, 0.4) is 0 Å². The Labute approximate surface area is 90.7 Å². The van der Waals surface area contributed by atoms with Gasteiger partial charge in [-0.05, 0) is 12.1 Å². The first kappa shape index (κ1) is 8.90. The standard InChI is InChI=1S/C10H9N5O/c1-2-7(16-3-1)4-11-9-8-5-14-15-10(8)13-6-12-9/h1-3,5-6H,4H2,(H2,11,12,13,14,15). The molecule has 0 aliphatic carbocycles. The van der Waals surface area contributed by atoms with E-state index in [-0.39, 0.29) is 0 Å². The summed E-state index contributed by atoms with van der Waals surface area (Å²) in [6.45, 7) is 0.588. The van der Waals surface area contributed by atoms with Gasteiger partial charge in [-0.2, -0.15) is 5.10 Å². The molecule has 0 radical (unpaired) electrons. The molecule has 0 bridgehead atoms. The molecule has 0 aromatic carbocycles. The number of hydrogen-bond acceptors (Lipinski definition) is 5. The molecular weight excluding hydrogens is 206 g/mol. The van der Waals surface area contributed by atoms with Crippen molar-refractivity contribution in [1.29, 1.82) is 0 Å². The van der Waals surface area contributed by atoms with Gasteiger partial charge in [0.2, 0.25) is 0 Å². The van der Waals surface area contributed by atoms with Crippen LogP contribution < -0.4 is 5.32 Å². The Morgan fingerprint density at radius 1 is 1.38 bits per heavy atom. The largest absolute Gasteiger partial charge is 0.467 e. The molecule has 3 aromatic rings. The van der Waals surface area contributed by atoms with Crippen molar-refractivity contribution < 1.29 is 4.42 Å². The zero-order valence-corrected chi connectivity index (χ0v) is 8.34. The Kier molecular flexibility index (Phi) is 2.03. The summed E-state index contributed by atoms with van der Waals surface area (Å²) in [6.07, 6.45) is 4.83. The van der Waals surface area contributed by atoms with E-state index in [1.807, 2.05) is 12.1 Å². The molecule has 80 valence electrons. The molecule has 0 unspecified atom stereocenters. The first-order valence-corrected chi connectivity index (χ1v) is 4.84. The van der Waals surface area contributed by atoms with Crippen molar-refractivity contribution in [3.63, 3.8) is 0 Å². The van der Waals surface area contributed by atoms with Crippen LogP contribution in [0.1, 0.15) is 5.76 Å². The molecule has 0 atom stereocenters. The third kappa shape index (κ3) is 1.50. The molecule has 0 amide bonds. The first-order valence-electron chi connectivity index (χ1n) is 4.84. The van der Waals surface area contributed by atoms with Crippen LogP contribution in [-0.2, 0) is 6.54 Å². The molecule has 0 spiro atoms. The molecule has 16 heavy (non-hydrogen) atoms. The summed E-state index contributed by atoms with van der Waals surface area (Å²) in [5.74, 6) is 1.60. The SMILES string of the molecule is c1coc(CNc2ncnc3[nH]ncc23)c1. The Morgan fingerprint density at radius 3 is 3.25 bits per heavy atom. The van der Waals surface area contributed by atoms with Crippen molar-refractivity contribution in [2.24, 2.45) is 0 Å². The average molecular weight is 215 g/mol. The second-order valence-corrected chi connectivity index (χ2v) is 3.29. The van der Waals surface area contributed by atoms with E-state index >= 15 is 0 Å². The van der Waals surface area contributed by atoms with Crippen molar-refractivity contribution >= 4 is 16.9 Å². The molecule has 3 aromatic heterocycles. The zero-order chi connectivity index (χ0) is 10.8. The highest BCUT2D eigenvalue weighted by atomic mass is 16.3. The second kappa shape index (κ2) is 3.65. The number of H-pyrrole nitrogens is 1. The summed E-state index contributed by atoms with van der Waals surface area (Å²) in [7, 11) is 0. The van der Waals surface area contributed by atoms with Gasteiger partial charge < -0.3 is 9.73 Å². The van der Waals surface area contributed by atoms with Gasteiger partial charge in [0.05, 0.1) is 24.4 Å². The van der Waals surface area contributed by atoms with Crippen LogP contribution in [-0.4, -0.2) is 20.2 Å². The fourth-order valence-electron chi connectivity index (χ4n) is 1.49. The Morgan fingerprint density at radius 2 is 2.38 bits per heavy atom. The minimum atomic E-state index is 0.588. The van der Waals surface area contributed by atoms with Crippen LogP contribution >= 0.6 is 0 Å². The summed E-state index contributed by atoms with van der Waals surface area (Å²) in [5.41, 5.74) is 0.719. The minimum Gasteiger partial charge on any atom is -0.467 e. The number of furan rings is 1. The summed E-state index contributed by atoms with van der Waals surface area (Å²) in [6, 6.07) is 3.76. The number of nitrogens with zero attached hydrogens (tertiary/aromatic N) is 3. The number of fused-ring (bicyclic) bond motifs is 1. The van der Waals surface area contributed by atoms with Gasteiger partial charge in [-0.15, -0.1) is 0 Å². The minimum absolute atomic E-state index is 0.588. The first-order chi connectivity index (χ1) is 7.93. The van der Waals surface area contributed by atoms with Crippen LogP contribution in [0, 0.1) is 0 Å². The lowest BCUT2D eigenvalue weighted by Gasteiger charge is -2.03. The fourth-order valence-corrected chi connectivity index (χ4v) is 1.49. The number of rotatable bonds is 3. The lowest BCUT2D eigenvalue weighted by molar-refractivity contribution is 0.518. The van der Waals surface area contributed by atoms with Gasteiger partial charge in [-0.25, -0.2) is 9.97 Å². The molecule has 0 saturated heterocycles. The smallest absolute Gasteiger partial charge is 0.160 e. The third-order valence-electron chi connectivity index (χ3n) is 2.26. The monoisotopic (exact) mass is 215 g/mol. The molecule has 6 nitrogen and oxygen atoms in total. The second-order valence-electron chi connectivity index (χ2n) is 3.29. The van der Waals surface area contributed by atoms with Gasteiger partial charge in [0.1, 0.15) is 17.9 Å². The maximum Gasteiger partial charge on any atom is 0.160 e. The lowest BCUT2D eigenvalue weighted by Crippen LogP contribution is -2.01. The van der Waals surface area contributed by atoms with Crippen LogP contribution in [0.2, 0.25) is 0 Å². The summed E-state index contributed by atoms with van der Waals surface area (Å²) in [5, 5.41) is 10.7. The van der Waals surface area contributed by atoms with E-state index in [2.05, 4.69) is 25.5 Å². The van der Waals surface area contributed by atoms with Crippen LogP contribution in [0.5, 0.6) is 0 Å². The van der Waals surface area contributed by atoms with Crippen molar-refractivity contribution in [1.82, 2.24) is 20.2 Å². The molecule has 0 saturated carbocycles. The quantitative estimate of drug-likeness (QED) is 0.693. The van der Waals surface area contributed by atoms with Gasteiger partial charge in [0.25, 0.3) is 0 Å². The van der Waals surface area contributed by atoms with E-state index in [9.17, 15) is 0 Å². The molecule has 3 heterocycles. The number of anilines is 1. The van der Waals surface area contributed by atoms with Gasteiger partial charge in [0, 0.05) is 0 Å². The average Bonchev–Trinajstić information content (AvgIpc) is 2.97. The molecule has 6 heteroatoms. The van der Waals surface area contributed by atoms with E-state index < -0.39 is 0 Å². The third-order valence-corrected chi connectivity index (χ3v) is 2.26. The number of aromatic nitrogens is 4. The molecule has 0 aliphatic rings. The van der Waals surface area contributed by atoms with Gasteiger partial charge in [0.15, 0.2) is 5.65 Å². The highest BCUT2D eigenvalue weighted by molar-refractivity contribution is 5.85. The molecule has 0 fully saturated rings. The molecule has 0 aliphatic heterocycles. The Bertz CT molecular complexity index is 586. The maximum atomic E-state index is 5.22. The predicted octanol–water partition coefficient (Wildman–Crippen LogP) is 1.56.